The van der Waals surface area contributed by atoms with Crippen LogP contribution in [0.5, 0.6) is 0 Å². The Hall–Kier alpha value is -0.860. The third-order valence-electron chi connectivity index (χ3n) is 4.20. The van der Waals surface area contributed by atoms with Gasteiger partial charge < -0.3 is 10.5 Å². The lowest BCUT2D eigenvalue weighted by Crippen LogP contribution is -2.38. The van der Waals surface area contributed by atoms with Crippen molar-refractivity contribution in [3.05, 3.63) is 35.4 Å². The zero-order valence-corrected chi connectivity index (χ0v) is 11.6. The minimum atomic E-state index is -0.0797. The molecule has 18 heavy (non-hydrogen) atoms. The fraction of sp³-hybridized carbons (Fsp3) is 0.625. The summed E-state index contributed by atoms with van der Waals surface area (Å²) in [6.07, 6.45) is 7.36. The van der Waals surface area contributed by atoms with E-state index in [4.69, 9.17) is 10.5 Å². The molecule has 1 aromatic rings. The SMILES string of the molecule is COC(C)Cc1ccc(C2(N)CCCCC2)cc1. The first kappa shape index (κ1) is 13.6. The molecule has 0 aromatic heterocycles. The van der Waals surface area contributed by atoms with Crippen LogP contribution < -0.4 is 5.73 Å². The number of benzene rings is 1. The number of hydrogen-bond donors (Lipinski definition) is 1. The van der Waals surface area contributed by atoms with Gasteiger partial charge in [-0.05, 0) is 37.3 Å². The molecule has 2 N–H and O–H groups in total. The summed E-state index contributed by atoms with van der Waals surface area (Å²) < 4.78 is 5.30. The molecule has 0 saturated heterocycles. The van der Waals surface area contributed by atoms with E-state index in [0.29, 0.717) is 0 Å². The Morgan fingerprint density at radius 1 is 1.17 bits per heavy atom. The van der Waals surface area contributed by atoms with Crippen LogP contribution in [-0.4, -0.2) is 13.2 Å². The third kappa shape index (κ3) is 3.12. The molecule has 2 nitrogen and oxygen atoms in total. The van der Waals surface area contributed by atoms with Crippen LogP contribution in [0.25, 0.3) is 0 Å². The van der Waals surface area contributed by atoms with E-state index in [-0.39, 0.29) is 11.6 Å². The molecule has 1 unspecified atom stereocenters. The topological polar surface area (TPSA) is 35.2 Å². The maximum atomic E-state index is 6.53. The predicted molar refractivity (Wildman–Crippen MR) is 75.6 cm³/mol. The van der Waals surface area contributed by atoms with E-state index in [9.17, 15) is 0 Å². The van der Waals surface area contributed by atoms with Crippen molar-refractivity contribution in [1.82, 2.24) is 0 Å². The predicted octanol–water partition coefficient (Wildman–Crippen LogP) is 3.38. The molecule has 1 aliphatic carbocycles. The van der Waals surface area contributed by atoms with E-state index in [1.54, 1.807) is 7.11 Å². The van der Waals surface area contributed by atoms with E-state index < -0.39 is 0 Å². The summed E-state index contributed by atoms with van der Waals surface area (Å²) in [6.45, 7) is 2.10. The first-order valence-corrected chi connectivity index (χ1v) is 7.05. The van der Waals surface area contributed by atoms with Crippen LogP contribution in [0.3, 0.4) is 0 Å². The average Bonchev–Trinajstić information content (AvgIpc) is 2.40. The van der Waals surface area contributed by atoms with Gasteiger partial charge in [-0.3, -0.25) is 0 Å². The first-order chi connectivity index (χ1) is 8.64. The van der Waals surface area contributed by atoms with Crippen molar-refractivity contribution in [2.45, 2.75) is 57.1 Å². The molecule has 0 radical (unpaired) electrons. The quantitative estimate of drug-likeness (QED) is 0.885. The van der Waals surface area contributed by atoms with Gasteiger partial charge in [0.05, 0.1) is 6.10 Å². The van der Waals surface area contributed by atoms with E-state index in [2.05, 4.69) is 31.2 Å². The molecular formula is C16H25NO. The lowest BCUT2D eigenvalue weighted by atomic mass is 9.77. The summed E-state index contributed by atoms with van der Waals surface area (Å²) in [4.78, 5) is 0. The summed E-state index contributed by atoms with van der Waals surface area (Å²) in [5, 5.41) is 0. The number of nitrogens with two attached hydrogens (primary N) is 1. The number of rotatable bonds is 4. The second-order valence-corrected chi connectivity index (χ2v) is 5.66. The van der Waals surface area contributed by atoms with Crippen molar-refractivity contribution < 1.29 is 4.74 Å². The zero-order chi connectivity index (χ0) is 13.0. The van der Waals surface area contributed by atoms with Gasteiger partial charge in [0.25, 0.3) is 0 Å². The van der Waals surface area contributed by atoms with E-state index in [0.717, 1.165) is 19.3 Å². The minimum Gasteiger partial charge on any atom is -0.381 e. The highest BCUT2D eigenvalue weighted by molar-refractivity contribution is 5.29. The van der Waals surface area contributed by atoms with Gasteiger partial charge in [-0.25, -0.2) is 0 Å². The van der Waals surface area contributed by atoms with Gasteiger partial charge in [0.1, 0.15) is 0 Å². The van der Waals surface area contributed by atoms with E-state index >= 15 is 0 Å². The molecule has 0 spiro atoms. The van der Waals surface area contributed by atoms with Gasteiger partial charge in [-0.1, -0.05) is 43.5 Å². The standard InChI is InChI=1S/C16H25NO/c1-13(18-2)12-14-6-8-15(9-7-14)16(17)10-4-3-5-11-16/h6-9,13H,3-5,10-12,17H2,1-2H3. The van der Waals surface area contributed by atoms with Gasteiger partial charge in [-0.2, -0.15) is 0 Å². The van der Waals surface area contributed by atoms with Crippen LogP contribution in [0.4, 0.5) is 0 Å². The Kier molecular flexibility index (Phi) is 4.41. The van der Waals surface area contributed by atoms with Crippen LogP contribution in [0.15, 0.2) is 24.3 Å². The van der Waals surface area contributed by atoms with Crippen LogP contribution in [0.2, 0.25) is 0 Å². The molecular weight excluding hydrogens is 222 g/mol. The van der Waals surface area contributed by atoms with Crippen molar-refractivity contribution in [3.8, 4) is 0 Å². The Balaban J connectivity index is 2.07. The van der Waals surface area contributed by atoms with Gasteiger partial charge in [0, 0.05) is 12.6 Å². The fourth-order valence-electron chi connectivity index (χ4n) is 2.86. The molecule has 2 heteroatoms. The molecule has 0 amide bonds. The van der Waals surface area contributed by atoms with Crippen molar-refractivity contribution in [3.63, 3.8) is 0 Å². The van der Waals surface area contributed by atoms with Gasteiger partial charge in [0.15, 0.2) is 0 Å². The highest BCUT2D eigenvalue weighted by Crippen LogP contribution is 2.34. The first-order valence-electron chi connectivity index (χ1n) is 7.05. The molecule has 0 heterocycles. The molecule has 1 atom stereocenters. The van der Waals surface area contributed by atoms with Gasteiger partial charge >= 0.3 is 0 Å². The normalized spacial score (nSPS) is 20.6. The molecule has 100 valence electrons. The Morgan fingerprint density at radius 2 is 1.78 bits per heavy atom. The molecule has 1 aliphatic rings. The third-order valence-corrected chi connectivity index (χ3v) is 4.20. The van der Waals surface area contributed by atoms with Crippen LogP contribution in [0.1, 0.15) is 50.2 Å². The summed E-state index contributed by atoms with van der Waals surface area (Å²) in [5.74, 6) is 0. The van der Waals surface area contributed by atoms with Crippen LogP contribution >= 0.6 is 0 Å². The lowest BCUT2D eigenvalue weighted by molar-refractivity contribution is 0.119. The second kappa shape index (κ2) is 5.85. The summed E-state index contributed by atoms with van der Waals surface area (Å²) in [6, 6.07) is 8.83. The number of hydrogen-bond acceptors (Lipinski definition) is 2. The Bertz CT molecular complexity index is 365. The monoisotopic (exact) mass is 247 g/mol. The summed E-state index contributed by atoms with van der Waals surface area (Å²) >= 11 is 0. The molecule has 0 aliphatic heterocycles. The molecule has 0 bridgehead atoms. The summed E-state index contributed by atoms with van der Waals surface area (Å²) in [5.41, 5.74) is 9.08. The fourth-order valence-corrected chi connectivity index (χ4v) is 2.86. The Morgan fingerprint density at radius 3 is 2.33 bits per heavy atom. The Labute approximate surface area is 111 Å². The molecule has 1 saturated carbocycles. The van der Waals surface area contributed by atoms with Crippen molar-refractivity contribution in [1.29, 1.82) is 0 Å². The largest absolute Gasteiger partial charge is 0.381 e. The highest BCUT2D eigenvalue weighted by Gasteiger charge is 2.28. The molecule has 1 fully saturated rings. The van der Waals surface area contributed by atoms with E-state index in [1.807, 2.05) is 0 Å². The average molecular weight is 247 g/mol. The van der Waals surface area contributed by atoms with Crippen LogP contribution in [0, 0.1) is 0 Å². The molecule has 2 rings (SSSR count). The van der Waals surface area contributed by atoms with Gasteiger partial charge in [0.2, 0.25) is 0 Å². The van der Waals surface area contributed by atoms with E-state index in [1.165, 1.54) is 30.4 Å². The van der Waals surface area contributed by atoms with Crippen molar-refractivity contribution in [2.24, 2.45) is 5.73 Å². The summed E-state index contributed by atoms with van der Waals surface area (Å²) in [7, 11) is 1.76. The maximum Gasteiger partial charge on any atom is 0.0583 e. The second-order valence-electron chi connectivity index (χ2n) is 5.66. The molecule has 1 aromatic carbocycles. The highest BCUT2D eigenvalue weighted by atomic mass is 16.5. The smallest absolute Gasteiger partial charge is 0.0583 e. The van der Waals surface area contributed by atoms with Gasteiger partial charge in [-0.15, -0.1) is 0 Å². The minimum absolute atomic E-state index is 0.0797. The van der Waals surface area contributed by atoms with Crippen molar-refractivity contribution in [2.75, 3.05) is 7.11 Å². The van der Waals surface area contributed by atoms with Crippen molar-refractivity contribution >= 4 is 0 Å². The zero-order valence-electron chi connectivity index (χ0n) is 11.6. The number of ether oxygens (including phenoxy) is 1. The maximum absolute atomic E-state index is 6.53. The lowest BCUT2D eigenvalue weighted by Gasteiger charge is -2.34. The number of methoxy groups -OCH3 is 1. The van der Waals surface area contributed by atoms with Crippen LogP contribution in [-0.2, 0) is 16.7 Å².